The molecule has 0 radical (unpaired) electrons. The first-order valence-corrected chi connectivity index (χ1v) is 6.84. The van der Waals surface area contributed by atoms with Gasteiger partial charge < -0.3 is 15.8 Å². The first-order chi connectivity index (χ1) is 10.3. The number of nitrogens with one attached hydrogen (secondary N) is 1. The Bertz CT molecular complexity index is 572. The van der Waals surface area contributed by atoms with Gasteiger partial charge in [-0.15, -0.1) is 17.0 Å². The first-order valence-electron chi connectivity index (χ1n) is 6.84. The third-order valence-corrected chi connectivity index (χ3v) is 3.02. The van der Waals surface area contributed by atoms with Gasteiger partial charge in [0.25, 0.3) is 0 Å². The number of hydrogen-bond acceptors (Lipinski definition) is 3. The minimum Gasteiger partial charge on any atom is -0.497 e. The molecule has 0 spiro atoms. The number of nitrogens with zero attached hydrogens (tertiary/aromatic N) is 2. The molecule has 0 amide bonds. The molecule has 0 bridgehead atoms. The Morgan fingerprint density at radius 2 is 2.00 bits per heavy atom. The van der Waals surface area contributed by atoms with Crippen LogP contribution in [-0.2, 0) is 13.0 Å². The number of aromatic nitrogens is 1. The van der Waals surface area contributed by atoms with Gasteiger partial charge in [-0.3, -0.25) is 4.98 Å². The number of benzene rings is 1. The number of guanidine groups is 1. The van der Waals surface area contributed by atoms with Gasteiger partial charge in [-0.2, -0.15) is 0 Å². The van der Waals surface area contributed by atoms with Crippen LogP contribution in [0.4, 0.5) is 0 Å². The molecule has 0 atom stereocenters. The number of aliphatic imine (C=N–C) groups is 1. The second kappa shape index (κ2) is 9.78. The van der Waals surface area contributed by atoms with E-state index in [-0.39, 0.29) is 17.0 Å². The van der Waals surface area contributed by atoms with Gasteiger partial charge in [0.1, 0.15) is 5.75 Å². The molecule has 5 nitrogen and oxygen atoms in total. The van der Waals surface area contributed by atoms with Crippen LogP contribution >= 0.6 is 17.0 Å². The van der Waals surface area contributed by atoms with E-state index in [0.717, 1.165) is 24.4 Å². The summed E-state index contributed by atoms with van der Waals surface area (Å²) in [5, 5.41) is 3.10. The SMILES string of the molecule is Br.COc1ccc(CCNC(N)=NCc2ccccn2)cc1. The Balaban J connectivity index is 0.00000242. The predicted octanol–water partition coefficient (Wildman–Crippen LogP) is 2.32. The van der Waals surface area contributed by atoms with Crippen molar-refractivity contribution in [3.05, 3.63) is 59.9 Å². The lowest BCUT2D eigenvalue weighted by Gasteiger charge is -2.06. The van der Waals surface area contributed by atoms with Crippen LogP contribution in [0.2, 0.25) is 0 Å². The molecule has 1 heterocycles. The van der Waals surface area contributed by atoms with Crippen LogP contribution in [0.1, 0.15) is 11.3 Å². The molecule has 0 fully saturated rings. The summed E-state index contributed by atoms with van der Waals surface area (Å²) in [6.45, 7) is 1.23. The quantitative estimate of drug-likeness (QED) is 0.609. The third kappa shape index (κ3) is 6.13. The van der Waals surface area contributed by atoms with Crippen LogP contribution in [-0.4, -0.2) is 24.6 Å². The number of halogens is 1. The molecule has 1 aromatic heterocycles. The topological polar surface area (TPSA) is 72.5 Å². The summed E-state index contributed by atoms with van der Waals surface area (Å²) in [5.74, 6) is 1.30. The predicted molar refractivity (Wildman–Crippen MR) is 94.6 cm³/mol. The van der Waals surface area contributed by atoms with Crippen molar-refractivity contribution in [1.29, 1.82) is 0 Å². The lowest BCUT2D eigenvalue weighted by Crippen LogP contribution is -2.33. The summed E-state index contributed by atoms with van der Waals surface area (Å²) in [7, 11) is 1.66. The Kier molecular flexibility index (Phi) is 7.99. The molecule has 2 rings (SSSR count). The number of ether oxygens (including phenoxy) is 1. The highest BCUT2D eigenvalue weighted by atomic mass is 79.9. The molecule has 1 aromatic carbocycles. The fraction of sp³-hybridized carbons (Fsp3) is 0.250. The average Bonchev–Trinajstić information content (AvgIpc) is 2.54. The standard InChI is InChI=1S/C16H20N4O.BrH/c1-21-15-7-5-13(6-8-15)9-11-19-16(17)20-12-14-4-2-3-10-18-14;/h2-8,10H,9,11-12H2,1H3,(H3,17,19,20);1H. The molecule has 3 N–H and O–H groups in total. The normalized spacial score (nSPS) is 10.7. The van der Waals surface area contributed by atoms with Crippen molar-refractivity contribution < 1.29 is 4.74 Å². The molecule has 0 aliphatic carbocycles. The molecule has 0 saturated carbocycles. The van der Waals surface area contributed by atoms with Crippen molar-refractivity contribution in [3.8, 4) is 5.75 Å². The van der Waals surface area contributed by atoms with Crippen molar-refractivity contribution in [1.82, 2.24) is 10.3 Å². The van der Waals surface area contributed by atoms with Gasteiger partial charge in [0, 0.05) is 12.7 Å². The summed E-state index contributed by atoms with van der Waals surface area (Å²) >= 11 is 0. The Morgan fingerprint density at radius 1 is 1.23 bits per heavy atom. The van der Waals surface area contributed by atoms with Gasteiger partial charge in [-0.05, 0) is 36.2 Å². The Hall–Kier alpha value is -2.08. The lowest BCUT2D eigenvalue weighted by molar-refractivity contribution is 0.414. The molecule has 0 aliphatic rings. The number of rotatable bonds is 6. The number of pyridine rings is 1. The molecular formula is C16H21BrN4O. The van der Waals surface area contributed by atoms with Gasteiger partial charge >= 0.3 is 0 Å². The summed E-state index contributed by atoms with van der Waals surface area (Å²) in [4.78, 5) is 8.45. The monoisotopic (exact) mass is 364 g/mol. The highest BCUT2D eigenvalue weighted by Gasteiger charge is 1.96. The van der Waals surface area contributed by atoms with Crippen molar-refractivity contribution in [2.75, 3.05) is 13.7 Å². The van der Waals surface area contributed by atoms with E-state index in [4.69, 9.17) is 10.5 Å². The fourth-order valence-corrected chi connectivity index (χ4v) is 1.84. The van der Waals surface area contributed by atoms with E-state index >= 15 is 0 Å². The molecular weight excluding hydrogens is 344 g/mol. The molecule has 6 heteroatoms. The molecule has 0 aliphatic heterocycles. The van der Waals surface area contributed by atoms with Gasteiger partial charge in [0.05, 0.1) is 19.3 Å². The minimum absolute atomic E-state index is 0. The van der Waals surface area contributed by atoms with E-state index in [1.165, 1.54) is 5.56 Å². The first kappa shape index (κ1) is 18.0. The molecule has 22 heavy (non-hydrogen) atoms. The van der Waals surface area contributed by atoms with Crippen molar-refractivity contribution in [2.45, 2.75) is 13.0 Å². The zero-order chi connectivity index (χ0) is 14.9. The number of hydrogen-bond donors (Lipinski definition) is 2. The average molecular weight is 365 g/mol. The number of methoxy groups -OCH3 is 1. The lowest BCUT2D eigenvalue weighted by atomic mass is 10.1. The van der Waals surface area contributed by atoms with E-state index in [1.807, 2.05) is 42.5 Å². The van der Waals surface area contributed by atoms with Crippen LogP contribution in [0.3, 0.4) is 0 Å². The van der Waals surface area contributed by atoms with Crippen LogP contribution in [0, 0.1) is 0 Å². The van der Waals surface area contributed by atoms with Gasteiger partial charge in [-0.25, -0.2) is 4.99 Å². The van der Waals surface area contributed by atoms with E-state index < -0.39 is 0 Å². The van der Waals surface area contributed by atoms with E-state index in [0.29, 0.717) is 12.5 Å². The Morgan fingerprint density at radius 3 is 2.64 bits per heavy atom. The molecule has 118 valence electrons. The molecule has 0 saturated heterocycles. The van der Waals surface area contributed by atoms with E-state index in [9.17, 15) is 0 Å². The van der Waals surface area contributed by atoms with Crippen LogP contribution in [0.25, 0.3) is 0 Å². The minimum atomic E-state index is 0. The van der Waals surface area contributed by atoms with Gasteiger partial charge in [0.2, 0.25) is 0 Å². The second-order valence-corrected chi connectivity index (χ2v) is 4.55. The summed E-state index contributed by atoms with van der Waals surface area (Å²) in [6, 6.07) is 13.7. The van der Waals surface area contributed by atoms with Crippen LogP contribution in [0.5, 0.6) is 5.75 Å². The highest BCUT2D eigenvalue weighted by Crippen LogP contribution is 2.11. The molecule has 2 aromatic rings. The molecule has 0 unspecified atom stereocenters. The van der Waals surface area contributed by atoms with Gasteiger partial charge in [0.15, 0.2) is 5.96 Å². The number of nitrogens with two attached hydrogens (primary N) is 1. The van der Waals surface area contributed by atoms with Crippen LogP contribution < -0.4 is 15.8 Å². The fourth-order valence-electron chi connectivity index (χ4n) is 1.84. The van der Waals surface area contributed by atoms with Gasteiger partial charge in [-0.1, -0.05) is 18.2 Å². The third-order valence-electron chi connectivity index (χ3n) is 3.02. The summed E-state index contributed by atoms with van der Waals surface area (Å²) in [6.07, 6.45) is 2.63. The highest BCUT2D eigenvalue weighted by molar-refractivity contribution is 8.93. The van der Waals surface area contributed by atoms with Crippen molar-refractivity contribution >= 4 is 22.9 Å². The maximum absolute atomic E-state index is 5.82. The smallest absolute Gasteiger partial charge is 0.188 e. The summed E-state index contributed by atoms with van der Waals surface area (Å²) in [5.41, 5.74) is 7.95. The maximum Gasteiger partial charge on any atom is 0.188 e. The second-order valence-electron chi connectivity index (χ2n) is 4.55. The van der Waals surface area contributed by atoms with Crippen LogP contribution in [0.15, 0.2) is 53.7 Å². The largest absolute Gasteiger partial charge is 0.497 e. The summed E-state index contributed by atoms with van der Waals surface area (Å²) < 4.78 is 5.13. The zero-order valence-corrected chi connectivity index (χ0v) is 14.2. The zero-order valence-electron chi connectivity index (χ0n) is 12.5. The van der Waals surface area contributed by atoms with Crippen molar-refractivity contribution in [2.24, 2.45) is 10.7 Å². The van der Waals surface area contributed by atoms with E-state index in [1.54, 1.807) is 13.3 Å². The maximum atomic E-state index is 5.82. The van der Waals surface area contributed by atoms with Crippen molar-refractivity contribution in [3.63, 3.8) is 0 Å². The Labute approximate surface area is 141 Å². The van der Waals surface area contributed by atoms with E-state index in [2.05, 4.69) is 15.3 Å².